The Morgan fingerprint density at radius 1 is 0.968 bits per heavy atom. The summed E-state index contributed by atoms with van der Waals surface area (Å²) in [6.45, 7) is -0.690. The van der Waals surface area contributed by atoms with Gasteiger partial charge in [0.1, 0.15) is 65.2 Å². The molecule has 10 nitrogen and oxygen atoms in total. The lowest BCUT2D eigenvalue weighted by Crippen LogP contribution is -2.55. The number of aliphatic hydroxyl groups excluding tert-OH is 4. The van der Waals surface area contributed by atoms with E-state index in [-0.39, 0.29) is 29.0 Å². The number of ketones is 1. The molecule has 31 heavy (non-hydrogen) atoms. The second-order valence-electron chi connectivity index (χ2n) is 7.61. The van der Waals surface area contributed by atoms with Crippen LogP contribution in [0.15, 0.2) is 30.3 Å². The summed E-state index contributed by atoms with van der Waals surface area (Å²) < 4.78 is 11.2. The number of Topliss-reactive ketones (excluding diaryl/α,β-unsaturated/α-hetero) is 1. The van der Waals surface area contributed by atoms with Crippen molar-refractivity contribution in [3.05, 3.63) is 47.0 Å². The normalized spacial score (nSPS) is 30.5. The quantitative estimate of drug-likeness (QED) is 0.348. The number of aromatic hydroxyl groups is 3. The summed E-state index contributed by atoms with van der Waals surface area (Å²) in [5.41, 5.74) is 0.0178. The van der Waals surface area contributed by atoms with E-state index in [2.05, 4.69) is 0 Å². The predicted octanol–water partition coefficient (Wildman–Crippen LogP) is 0.0248. The van der Waals surface area contributed by atoms with Gasteiger partial charge in [0.25, 0.3) is 0 Å². The zero-order valence-electron chi connectivity index (χ0n) is 16.1. The van der Waals surface area contributed by atoms with Crippen molar-refractivity contribution in [2.75, 3.05) is 6.61 Å². The molecule has 0 aromatic heterocycles. The van der Waals surface area contributed by atoms with Gasteiger partial charge in [-0.1, -0.05) is 12.1 Å². The maximum Gasteiger partial charge on any atom is 0.174 e. The summed E-state index contributed by atoms with van der Waals surface area (Å²) in [7, 11) is 0. The minimum Gasteiger partial charge on any atom is -0.508 e. The number of carbonyl (C=O) groups is 1. The highest BCUT2D eigenvalue weighted by Crippen LogP contribution is 2.49. The Labute approximate surface area is 176 Å². The molecule has 2 aromatic carbocycles. The van der Waals surface area contributed by atoms with E-state index in [4.69, 9.17) is 9.47 Å². The number of benzene rings is 2. The van der Waals surface area contributed by atoms with Crippen LogP contribution >= 0.6 is 0 Å². The monoisotopic (exact) mass is 434 g/mol. The zero-order valence-corrected chi connectivity index (χ0v) is 16.1. The van der Waals surface area contributed by atoms with Crippen LogP contribution in [0.25, 0.3) is 0 Å². The molecular formula is C21H22O10. The van der Waals surface area contributed by atoms with E-state index in [9.17, 15) is 40.5 Å². The lowest BCUT2D eigenvalue weighted by atomic mass is 9.87. The molecule has 2 aliphatic rings. The fourth-order valence-corrected chi connectivity index (χ4v) is 3.97. The first-order chi connectivity index (χ1) is 14.7. The molecule has 6 atom stereocenters. The molecule has 2 aromatic rings. The Kier molecular flexibility index (Phi) is 5.50. The lowest BCUT2D eigenvalue weighted by molar-refractivity contribution is -0.232. The Morgan fingerprint density at radius 2 is 1.65 bits per heavy atom. The number of rotatable bonds is 3. The first-order valence-electron chi connectivity index (χ1n) is 9.61. The van der Waals surface area contributed by atoms with Gasteiger partial charge in [0, 0.05) is 6.07 Å². The van der Waals surface area contributed by atoms with Crippen molar-refractivity contribution < 1.29 is 50.0 Å². The van der Waals surface area contributed by atoms with Gasteiger partial charge in [0.15, 0.2) is 5.78 Å². The van der Waals surface area contributed by atoms with Gasteiger partial charge in [-0.05, 0) is 17.7 Å². The molecule has 4 rings (SSSR count). The maximum atomic E-state index is 12.8. The van der Waals surface area contributed by atoms with Crippen LogP contribution in [0.4, 0.5) is 0 Å². The third-order valence-corrected chi connectivity index (χ3v) is 5.64. The number of aliphatic hydroxyl groups is 4. The fraction of sp³-hybridized carbons (Fsp3) is 0.381. The first-order valence-corrected chi connectivity index (χ1v) is 9.61. The van der Waals surface area contributed by atoms with Gasteiger partial charge < -0.3 is 45.2 Å². The van der Waals surface area contributed by atoms with Crippen molar-refractivity contribution in [3.63, 3.8) is 0 Å². The Bertz CT molecular complexity index is 987. The van der Waals surface area contributed by atoms with Gasteiger partial charge in [0.2, 0.25) is 0 Å². The summed E-state index contributed by atoms with van der Waals surface area (Å²) in [6.07, 6.45) is -8.72. The summed E-state index contributed by atoms with van der Waals surface area (Å²) >= 11 is 0. The van der Waals surface area contributed by atoms with Crippen LogP contribution in [0.1, 0.15) is 40.1 Å². The van der Waals surface area contributed by atoms with Crippen LogP contribution in [0.3, 0.4) is 0 Å². The number of phenolic OH excluding ortho intramolecular Hbond substituents is 3. The number of phenols is 3. The molecule has 0 bridgehead atoms. The number of hydrogen-bond acceptors (Lipinski definition) is 10. The highest BCUT2D eigenvalue weighted by Gasteiger charge is 2.47. The van der Waals surface area contributed by atoms with Crippen molar-refractivity contribution in [2.45, 2.75) is 43.0 Å². The lowest BCUT2D eigenvalue weighted by Gasteiger charge is -2.40. The highest BCUT2D eigenvalue weighted by molar-refractivity contribution is 6.03. The molecule has 0 saturated carbocycles. The molecule has 166 valence electrons. The predicted molar refractivity (Wildman–Crippen MR) is 103 cm³/mol. The molecular weight excluding hydrogens is 412 g/mol. The topological polar surface area (TPSA) is 177 Å². The number of fused-ring (bicyclic) bond motifs is 1. The average molecular weight is 434 g/mol. The largest absolute Gasteiger partial charge is 0.508 e. The van der Waals surface area contributed by atoms with Crippen molar-refractivity contribution in [2.24, 2.45) is 0 Å². The summed E-state index contributed by atoms with van der Waals surface area (Å²) in [6, 6.07) is 7.14. The van der Waals surface area contributed by atoms with Gasteiger partial charge in [-0.3, -0.25) is 4.79 Å². The SMILES string of the molecule is O=C1C[C@H](c2ccc(O)cc2)Oc2cc(O)c([C@H]3O[C@@H](CO)[C@@H](O)[C@@H](O)[C@H]3O)c(O)c21. The second-order valence-corrected chi connectivity index (χ2v) is 7.61. The van der Waals surface area contributed by atoms with Crippen LogP contribution in [-0.4, -0.2) is 72.6 Å². The maximum absolute atomic E-state index is 12.8. The van der Waals surface area contributed by atoms with Crippen LogP contribution in [0.2, 0.25) is 0 Å². The highest BCUT2D eigenvalue weighted by atomic mass is 16.5. The Balaban J connectivity index is 1.72. The molecule has 1 fully saturated rings. The summed E-state index contributed by atoms with van der Waals surface area (Å²) in [4.78, 5) is 12.8. The molecule has 2 aliphatic heterocycles. The minimum absolute atomic E-state index is 0.0470. The van der Waals surface area contributed by atoms with E-state index in [1.54, 1.807) is 12.1 Å². The minimum atomic E-state index is -1.75. The number of carbonyl (C=O) groups excluding carboxylic acids is 1. The van der Waals surface area contributed by atoms with E-state index < -0.39 is 60.5 Å². The first kappa shape index (κ1) is 21.3. The molecule has 2 heterocycles. The van der Waals surface area contributed by atoms with Crippen molar-refractivity contribution in [3.8, 4) is 23.0 Å². The van der Waals surface area contributed by atoms with Gasteiger partial charge >= 0.3 is 0 Å². The van der Waals surface area contributed by atoms with Crippen LogP contribution in [0.5, 0.6) is 23.0 Å². The summed E-state index contributed by atoms with van der Waals surface area (Å²) in [5.74, 6) is -1.79. The molecule has 7 N–H and O–H groups in total. The molecule has 0 amide bonds. The van der Waals surface area contributed by atoms with Gasteiger partial charge in [-0.25, -0.2) is 0 Å². The molecule has 1 saturated heterocycles. The number of hydrogen-bond donors (Lipinski definition) is 7. The Morgan fingerprint density at radius 3 is 2.29 bits per heavy atom. The van der Waals surface area contributed by atoms with E-state index in [1.807, 2.05) is 0 Å². The van der Waals surface area contributed by atoms with Crippen LogP contribution in [-0.2, 0) is 4.74 Å². The van der Waals surface area contributed by atoms with E-state index in [0.29, 0.717) is 5.56 Å². The van der Waals surface area contributed by atoms with Crippen LogP contribution < -0.4 is 4.74 Å². The van der Waals surface area contributed by atoms with Crippen LogP contribution in [0, 0.1) is 0 Å². The number of ether oxygens (including phenoxy) is 2. The second kappa shape index (κ2) is 7.98. The third-order valence-electron chi connectivity index (χ3n) is 5.64. The summed E-state index contributed by atoms with van der Waals surface area (Å²) in [5, 5.41) is 70.4. The molecule has 0 spiro atoms. The van der Waals surface area contributed by atoms with E-state index >= 15 is 0 Å². The average Bonchev–Trinajstić information content (AvgIpc) is 2.73. The van der Waals surface area contributed by atoms with Crippen molar-refractivity contribution >= 4 is 5.78 Å². The van der Waals surface area contributed by atoms with Gasteiger partial charge in [-0.15, -0.1) is 0 Å². The third kappa shape index (κ3) is 3.58. The molecule has 10 heteroatoms. The fourth-order valence-electron chi connectivity index (χ4n) is 3.97. The van der Waals surface area contributed by atoms with E-state index in [0.717, 1.165) is 6.07 Å². The van der Waals surface area contributed by atoms with Gasteiger partial charge in [0.05, 0.1) is 18.6 Å². The molecule has 0 aliphatic carbocycles. The zero-order chi connectivity index (χ0) is 22.4. The standard InChI is InChI=1S/C21H22O10/c22-7-14-17(26)19(28)20(29)21(31-14)16-11(25)6-13-15(18(16)27)10(24)5-12(30-13)8-1-3-9(23)4-2-8/h1-4,6,12,14,17,19-23,25-29H,5,7H2/t12-,14+,17-,19-,20-,21-/m1/s1. The van der Waals surface area contributed by atoms with E-state index in [1.165, 1.54) is 12.1 Å². The molecule has 0 unspecified atom stereocenters. The smallest absolute Gasteiger partial charge is 0.174 e. The Hall–Kier alpha value is -2.89. The van der Waals surface area contributed by atoms with Gasteiger partial charge in [-0.2, -0.15) is 0 Å². The van der Waals surface area contributed by atoms with Crippen molar-refractivity contribution in [1.29, 1.82) is 0 Å². The van der Waals surface area contributed by atoms with Crippen molar-refractivity contribution in [1.82, 2.24) is 0 Å². The molecule has 0 radical (unpaired) electrons.